The standard InChI is InChI=1S/C18H17N3O3S/c22-15(14-13(6-11-25-14)12-4-2-1-3-5-12)21-9-7-18(8-10-21)16(23)19-17(24)20-18/h1-6,11H,7-10H2,(H2,19,20,23,24). The fourth-order valence-electron chi connectivity index (χ4n) is 3.44. The highest BCUT2D eigenvalue weighted by Gasteiger charge is 2.48. The second-order valence-electron chi connectivity index (χ2n) is 6.31. The van der Waals surface area contributed by atoms with E-state index in [-0.39, 0.29) is 11.8 Å². The van der Waals surface area contributed by atoms with E-state index in [1.807, 2.05) is 41.8 Å². The van der Waals surface area contributed by atoms with Gasteiger partial charge in [-0.05, 0) is 29.9 Å². The molecule has 3 heterocycles. The van der Waals surface area contributed by atoms with Gasteiger partial charge in [-0.3, -0.25) is 14.9 Å². The van der Waals surface area contributed by atoms with Crippen LogP contribution >= 0.6 is 11.3 Å². The summed E-state index contributed by atoms with van der Waals surface area (Å²) in [5, 5.41) is 6.93. The van der Waals surface area contributed by atoms with E-state index in [1.54, 1.807) is 4.90 Å². The number of hydrogen-bond donors (Lipinski definition) is 2. The van der Waals surface area contributed by atoms with Gasteiger partial charge in [-0.1, -0.05) is 30.3 Å². The Kier molecular flexibility index (Phi) is 3.80. The molecule has 1 aromatic heterocycles. The number of nitrogens with one attached hydrogen (secondary N) is 2. The number of likely N-dealkylation sites (tertiary alicyclic amines) is 1. The fourth-order valence-corrected chi connectivity index (χ4v) is 4.32. The van der Waals surface area contributed by atoms with E-state index in [9.17, 15) is 14.4 Å². The molecule has 2 aliphatic heterocycles. The molecule has 0 radical (unpaired) electrons. The van der Waals surface area contributed by atoms with Crippen LogP contribution < -0.4 is 10.6 Å². The van der Waals surface area contributed by atoms with Gasteiger partial charge in [-0.15, -0.1) is 11.3 Å². The summed E-state index contributed by atoms with van der Waals surface area (Å²) in [6.07, 6.45) is 0.866. The van der Waals surface area contributed by atoms with Gasteiger partial charge in [0.1, 0.15) is 5.54 Å². The van der Waals surface area contributed by atoms with Crippen LogP contribution in [0.25, 0.3) is 11.1 Å². The minimum Gasteiger partial charge on any atom is -0.338 e. The van der Waals surface area contributed by atoms with Crippen molar-refractivity contribution in [3.63, 3.8) is 0 Å². The lowest BCUT2D eigenvalue weighted by molar-refractivity contribution is -0.125. The maximum atomic E-state index is 13.0. The third kappa shape index (κ3) is 2.70. The molecule has 0 unspecified atom stereocenters. The van der Waals surface area contributed by atoms with E-state index in [0.717, 1.165) is 11.1 Å². The van der Waals surface area contributed by atoms with Crippen LogP contribution in [-0.2, 0) is 4.79 Å². The third-order valence-electron chi connectivity index (χ3n) is 4.86. The fraction of sp³-hybridized carbons (Fsp3) is 0.278. The molecule has 2 fully saturated rings. The summed E-state index contributed by atoms with van der Waals surface area (Å²) < 4.78 is 0. The van der Waals surface area contributed by atoms with Gasteiger partial charge in [-0.25, -0.2) is 4.79 Å². The van der Waals surface area contributed by atoms with E-state index in [1.165, 1.54) is 11.3 Å². The van der Waals surface area contributed by atoms with Crippen LogP contribution in [0.4, 0.5) is 4.79 Å². The lowest BCUT2D eigenvalue weighted by Crippen LogP contribution is -2.55. The average Bonchev–Trinajstić information content (AvgIpc) is 3.21. The number of amides is 4. The molecule has 0 aliphatic carbocycles. The van der Waals surface area contributed by atoms with Crippen LogP contribution in [0.3, 0.4) is 0 Å². The van der Waals surface area contributed by atoms with E-state index in [2.05, 4.69) is 10.6 Å². The van der Waals surface area contributed by atoms with Gasteiger partial charge in [-0.2, -0.15) is 0 Å². The Labute approximate surface area is 148 Å². The maximum absolute atomic E-state index is 13.0. The first kappa shape index (κ1) is 15.8. The summed E-state index contributed by atoms with van der Waals surface area (Å²) in [5.41, 5.74) is 1.09. The zero-order valence-electron chi connectivity index (χ0n) is 13.5. The summed E-state index contributed by atoms with van der Waals surface area (Å²) in [6, 6.07) is 11.3. The van der Waals surface area contributed by atoms with Crippen molar-refractivity contribution in [1.82, 2.24) is 15.5 Å². The molecule has 6 nitrogen and oxygen atoms in total. The summed E-state index contributed by atoms with van der Waals surface area (Å²) in [4.78, 5) is 38.8. The van der Waals surface area contributed by atoms with Gasteiger partial charge < -0.3 is 10.2 Å². The first-order chi connectivity index (χ1) is 12.1. The monoisotopic (exact) mass is 355 g/mol. The second kappa shape index (κ2) is 6.00. The number of nitrogens with zero attached hydrogens (tertiary/aromatic N) is 1. The van der Waals surface area contributed by atoms with E-state index in [0.29, 0.717) is 30.8 Å². The van der Waals surface area contributed by atoms with Crippen molar-refractivity contribution in [3.8, 4) is 11.1 Å². The van der Waals surface area contributed by atoms with Crippen LogP contribution in [0, 0.1) is 0 Å². The molecule has 4 rings (SSSR count). The van der Waals surface area contributed by atoms with Crippen molar-refractivity contribution >= 4 is 29.2 Å². The third-order valence-corrected chi connectivity index (χ3v) is 5.77. The molecular formula is C18H17N3O3S. The number of thiophene rings is 1. The van der Waals surface area contributed by atoms with Gasteiger partial charge in [0.05, 0.1) is 4.88 Å². The zero-order valence-corrected chi connectivity index (χ0v) is 14.3. The van der Waals surface area contributed by atoms with Crippen molar-refractivity contribution < 1.29 is 14.4 Å². The number of hydrogen-bond acceptors (Lipinski definition) is 4. The smallest absolute Gasteiger partial charge is 0.322 e. The molecule has 0 bridgehead atoms. The highest BCUT2D eigenvalue weighted by atomic mass is 32.1. The molecule has 0 atom stereocenters. The number of carbonyl (C=O) groups is 3. The predicted molar refractivity (Wildman–Crippen MR) is 94.3 cm³/mol. The van der Waals surface area contributed by atoms with Gasteiger partial charge in [0.25, 0.3) is 11.8 Å². The Morgan fingerprint density at radius 1 is 1.08 bits per heavy atom. The van der Waals surface area contributed by atoms with Gasteiger partial charge >= 0.3 is 6.03 Å². The molecule has 1 aromatic carbocycles. The van der Waals surface area contributed by atoms with Crippen molar-refractivity contribution in [3.05, 3.63) is 46.7 Å². The molecule has 4 amide bonds. The minimum absolute atomic E-state index is 0.0200. The SMILES string of the molecule is O=C1NC(=O)C2(CCN(C(=O)c3sccc3-c3ccccc3)CC2)N1. The van der Waals surface area contributed by atoms with Gasteiger partial charge in [0, 0.05) is 18.7 Å². The largest absolute Gasteiger partial charge is 0.338 e. The Morgan fingerprint density at radius 2 is 1.80 bits per heavy atom. The molecule has 2 aromatic rings. The Balaban J connectivity index is 1.52. The highest BCUT2D eigenvalue weighted by Crippen LogP contribution is 2.32. The second-order valence-corrected chi connectivity index (χ2v) is 7.23. The lowest BCUT2D eigenvalue weighted by atomic mass is 9.87. The van der Waals surface area contributed by atoms with Crippen molar-refractivity contribution in [2.24, 2.45) is 0 Å². The van der Waals surface area contributed by atoms with Crippen LogP contribution in [0.1, 0.15) is 22.5 Å². The van der Waals surface area contributed by atoms with E-state index < -0.39 is 11.6 Å². The summed E-state index contributed by atoms with van der Waals surface area (Å²) in [7, 11) is 0. The number of imide groups is 1. The topological polar surface area (TPSA) is 78.5 Å². The number of rotatable bonds is 2. The summed E-state index contributed by atoms with van der Waals surface area (Å²) in [6.45, 7) is 0.886. The first-order valence-corrected chi connectivity index (χ1v) is 9.03. The van der Waals surface area contributed by atoms with Crippen molar-refractivity contribution in [2.75, 3.05) is 13.1 Å². The Morgan fingerprint density at radius 3 is 2.44 bits per heavy atom. The van der Waals surface area contributed by atoms with Crippen LogP contribution in [0.2, 0.25) is 0 Å². The van der Waals surface area contributed by atoms with Gasteiger partial charge in [0.2, 0.25) is 0 Å². The molecule has 2 aliphatic rings. The lowest BCUT2D eigenvalue weighted by Gasteiger charge is -2.36. The van der Waals surface area contributed by atoms with Crippen LogP contribution in [0.15, 0.2) is 41.8 Å². The highest BCUT2D eigenvalue weighted by molar-refractivity contribution is 7.12. The molecular weight excluding hydrogens is 338 g/mol. The van der Waals surface area contributed by atoms with Crippen LogP contribution in [-0.4, -0.2) is 41.4 Å². The summed E-state index contributed by atoms with van der Waals surface area (Å²) >= 11 is 1.43. The first-order valence-electron chi connectivity index (χ1n) is 8.15. The average molecular weight is 355 g/mol. The van der Waals surface area contributed by atoms with Crippen molar-refractivity contribution in [2.45, 2.75) is 18.4 Å². The van der Waals surface area contributed by atoms with Crippen molar-refractivity contribution in [1.29, 1.82) is 0 Å². The number of piperidine rings is 1. The van der Waals surface area contributed by atoms with E-state index in [4.69, 9.17) is 0 Å². The Bertz CT molecular complexity index is 838. The predicted octanol–water partition coefficient (Wildman–Crippen LogP) is 2.23. The van der Waals surface area contributed by atoms with Crippen LogP contribution in [0.5, 0.6) is 0 Å². The molecule has 0 saturated carbocycles. The molecule has 2 N–H and O–H groups in total. The zero-order chi connectivity index (χ0) is 17.4. The van der Waals surface area contributed by atoms with Gasteiger partial charge in [0.15, 0.2) is 0 Å². The summed E-state index contributed by atoms with van der Waals surface area (Å²) in [5.74, 6) is -0.306. The minimum atomic E-state index is -0.856. The molecule has 2 saturated heterocycles. The molecule has 128 valence electrons. The Hall–Kier alpha value is -2.67. The number of carbonyl (C=O) groups excluding carboxylic acids is 3. The number of benzene rings is 1. The number of urea groups is 1. The quantitative estimate of drug-likeness (QED) is 0.811. The van der Waals surface area contributed by atoms with E-state index >= 15 is 0 Å². The molecule has 1 spiro atoms. The maximum Gasteiger partial charge on any atom is 0.322 e. The molecule has 7 heteroatoms. The molecule has 25 heavy (non-hydrogen) atoms. The normalized spacial score (nSPS) is 19.0.